The van der Waals surface area contributed by atoms with Crippen molar-refractivity contribution < 1.29 is 17.9 Å². The van der Waals surface area contributed by atoms with Crippen molar-refractivity contribution >= 4 is 26.5 Å². The molecule has 1 heterocycles. The van der Waals surface area contributed by atoms with Crippen molar-refractivity contribution in [2.75, 3.05) is 11.3 Å². The standard InChI is InChI=1S/C13H11FN2O3S2/c1-9-4-5-10(14)7-12(9)21(18,19)16-13-15-8-11(20-13)3-2-6-17/h4-5,7-8,17H,6H2,1H3,(H,15,16). The van der Waals surface area contributed by atoms with Crippen LogP contribution >= 0.6 is 11.3 Å². The molecule has 0 bridgehead atoms. The first kappa shape index (κ1) is 15.4. The van der Waals surface area contributed by atoms with E-state index in [1.54, 1.807) is 6.92 Å². The molecule has 0 atom stereocenters. The first-order valence-corrected chi connectivity index (χ1v) is 8.07. The Morgan fingerprint density at radius 2 is 2.24 bits per heavy atom. The van der Waals surface area contributed by atoms with Crippen LogP contribution in [0.5, 0.6) is 0 Å². The second kappa shape index (κ2) is 6.22. The molecule has 2 N–H and O–H groups in total. The van der Waals surface area contributed by atoms with Gasteiger partial charge in [0.05, 0.1) is 16.0 Å². The van der Waals surface area contributed by atoms with Crippen LogP contribution in [-0.4, -0.2) is 25.1 Å². The van der Waals surface area contributed by atoms with Gasteiger partial charge >= 0.3 is 0 Å². The van der Waals surface area contributed by atoms with E-state index in [2.05, 4.69) is 21.5 Å². The molecule has 1 aromatic heterocycles. The molecule has 0 aliphatic heterocycles. The molecule has 8 heteroatoms. The summed E-state index contributed by atoms with van der Waals surface area (Å²) in [5.74, 6) is 4.43. The Bertz CT molecular complexity index is 819. The maximum Gasteiger partial charge on any atom is 0.264 e. The third-order valence-corrected chi connectivity index (χ3v) is 4.90. The van der Waals surface area contributed by atoms with Crippen LogP contribution in [0.1, 0.15) is 10.4 Å². The van der Waals surface area contributed by atoms with Crippen molar-refractivity contribution in [2.24, 2.45) is 0 Å². The number of hydrogen-bond donors (Lipinski definition) is 2. The minimum absolute atomic E-state index is 0.126. The minimum Gasteiger partial charge on any atom is -0.384 e. The highest BCUT2D eigenvalue weighted by Gasteiger charge is 2.19. The van der Waals surface area contributed by atoms with Gasteiger partial charge in [0, 0.05) is 0 Å². The average molecular weight is 326 g/mol. The second-order valence-electron chi connectivity index (χ2n) is 4.00. The van der Waals surface area contributed by atoms with Crippen molar-refractivity contribution in [3.63, 3.8) is 0 Å². The Morgan fingerprint density at radius 3 is 2.95 bits per heavy atom. The lowest BCUT2D eigenvalue weighted by atomic mass is 10.2. The third kappa shape index (κ3) is 3.78. The summed E-state index contributed by atoms with van der Waals surface area (Å²) in [6.45, 7) is 1.29. The van der Waals surface area contributed by atoms with Crippen molar-refractivity contribution in [1.29, 1.82) is 0 Å². The highest BCUT2D eigenvalue weighted by Crippen LogP contribution is 2.23. The van der Waals surface area contributed by atoms with Crippen LogP contribution < -0.4 is 4.72 Å². The fourth-order valence-corrected chi connectivity index (χ4v) is 3.73. The van der Waals surface area contributed by atoms with Gasteiger partial charge in [-0.1, -0.05) is 29.2 Å². The van der Waals surface area contributed by atoms with Gasteiger partial charge in [-0.05, 0) is 24.6 Å². The molecule has 0 saturated carbocycles. The minimum atomic E-state index is -3.91. The number of aromatic nitrogens is 1. The molecule has 0 aliphatic rings. The van der Waals surface area contributed by atoms with E-state index in [1.807, 2.05) is 0 Å². The first-order chi connectivity index (χ1) is 9.92. The summed E-state index contributed by atoms with van der Waals surface area (Å²) < 4.78 is 39.9. The van der Waals surface area contributed by atoms with E-state index in [-0.39, 0.29) is 16.6 Å². The predicted molar refractivity (Wildman–Crippen MR) is 78.0 cm³/mol. The molecular weight excluding hydrogens is 315 g/mol. The van der Waals surface area contributed by atoms with Crippen molar-refractivity contribution in [2.45, 2.75) is 11.8 Å². The quantitative estimate of drug-likeness (QED) is 0.842. The molecule has 0 radical (unpaired) electrons. The Kier molecular flexibility index (Phi) is 4.57. The van der Waals surface area contributed by atoms with Gasteiger partial charge in [0.15, 0.2) is 5.13 Å². The van der Waals surface area contributed by atoms with Gasteiger partial charge in [-0.3, -0.25) is 4.72 Å². The summed E-state index contributed by atoms with van der Waals surface area (Å²) in [6.07, 6.45) is 1.39. The SMILES string of the molecule is Cc1ccc(F)cc1S(=O)(=O)Nc1ncc(C#CCO)s1. The average Bonchev–Trinajstić information content (AvgIpc) is 2.86. The summed E-state index contributed by atoms with van der Waals surface area (Å²) in [6, 6.07) is 3.54. The molecule has 0 amide bonds. The van der Waals surface area contributed by atoms with E-state index >= 15 is 0 Å². The lowest BCUT2D eigenvalue weighted by Gasteiger charge is -2.07. The van der Waals surface area contributed by atoms with Gasteiger partial charge in [0.2, 0.25) is 0 Å². The molecule has 1 aromatic carbocycles. The van der Waals surface area contributed by atoms with Crippen molar-refractivity contribution in [3.8, 4) is 11.8 Å². The molecule has 2 rings (SSSR count). The molecule has 0 unspecified atom stereocenters. The molecule has 0 aliphatic carbocycles. The van der Waals surface area contributed by atoms with Crippen LogP contribution in [0.4, 0.5) is 9.52 Å². The maximum absolute atomic E-state index is 13.2. The molecule has 0 fully saturated rings. The summed E-state index contributed by atoms with van der Waals surface area (Å²) in [7, 11) is -3.91. The molecule has 0 saturated heterocycles. The van der Waals surface area contributed by atoms with Gasteiger partial charge in [-0.15, -0.1) is 0 Å². The van der Waals surface area contributed by atoms with Crippen molar-refractivity contribution in [3.05, 3.63) is 40.7 Å². The number of sulfonamides is 1. The highest BCUT2D eigenvalue weighted by molar-refractivity contribution is 7.93. The number of anilines is 1. The maximum atomic E-state index is 13.2. The predicted octanol–water partition coefficient (Wildman–Crippen LogP) is 1.74. The Morgan fingerprint density at radius 1 is 1.48 bits per heavy atom. The number of halogens is 1. The number of hydrogen-bond acceptors (Lipinski definition) is 5. The molecule has 5 nitrogen and oxygen atoms in total. The van der Waals surface area contributed by atoms with Crippen LogP contribution in [0.25, 0.3) is 0 Å². The normalized spacial score (nSPS) is 10.8. The number of benzene rings is 1. The second-order valence-corrected chi connectivity index (χ2v) is 6.69. The molecular formula is C13H11FN2O3S2. The number of aryl methyl sites for hydroxylation is 1. The van der Waals surface area contributed by atoms with E-state index in [9.17, 15) is 12.8 Å². The summed E-state index contributed by atoms with van der Waals surface area (Å²) >= 11 is 1.02. The van der Waals surface area contributed by atoms with Gasteiger partial charge in [-0.2, -0.15) is 0 Å². The van der Waals surface area contributed by atoms with Gasteiger partial charge < -0.3 is 5.11 Å². The third-order valence-electron chi connectivity index (χ3n) is 2.46. The Labute approximate surface area is 125 Å². The van der Waals surface area contributed by atoms with Gasteiger partial charge in [-0.25, -0.2) is 17.8 Å². The fraction of sp³-hybridized carbons (Fsp3) is 0.154. The van der Waals surface area contributed by atoms with Crippen LogP contribution in [0.15, 0.2) is 29.3 Å². The zero-order valence-corrected chi connectivity index (χ0v) is 12.6. The zero-order valence-electron chi connectivity index (χ0n) is 10.9. The summed E-state index contributed by atoms with van der Waals surface area (Å²) in [5.41, 5.74) is 0.431. The lowest BCUT2D eigenvalue weighted by molar-refractivity contribution is 0.350. The van der Waals surface area contributed by atoms with E-state index in [1.165, 1.54) is 18.3 Å². The fourth-order valence-electron chi connectivity index (χ4n) is 1.54. The van der Waals surface area contributed by atoms with E-state index < -0.39 is 15.8 Å². The van der Waals surface area contributed by atoms with E-state index in [0.29, 0.717) is 10.4 Å². The number of aliphatic hydroxyl groups excluding tert-OH is 1. The van der Waals surface area contributed by atoms with Crippen molar-refractivity contribution in [1.82, 2.24) is 4.98 Å². The molecule has 21 heavy (non-hydrogen) atoms. The molecule has 110 valence electrons. The molecule has 2 aromatic rings. The van der Waals surface area contributed by atoms with Gasteiger partial charge in [0.25, 0.3) is 10.0 Å². The van der Waals surface area contributed by atoms with Gasteiger partial charge in [0.1, 0.15) is 12.4 Å². The Balaban J connectivity index is 2.29. The monoisotopic (exact) mass is 326 g/mol. The van der Waals surface area contributed by atoms with Crippen LogP contribution in [0.3, 0.4) is 0 Å². The summed E-state index contributed by atoms with van der Waals surface area (Å²) in [4.78, 5) is 4.26. The number of aliphatic hydroxyl groups is 1. The number of thiazole rings is 1. The largest absolute Gasteiger partial charge is 0.384 e. The highest BCUT2D eigenvalue weighted by atomic mass is 32.2. The smallest absolute Gasteiger partial charge is 0.264 e. The zero-order chi connectivity index (χ0) is 15.5. The van der Waals surface area contributed by atoms with E-state index in [4.69, 9.17) is 5.11 Å². The summed E-state index contributed by atoms with van der Waals surface area (Å²) in [5, 5.41) is 8.72. The number of nitrogens with zero attached hydrogens (tertiary/aromatic N) is 1. The van der Waals surface area contributed by atoms with E-state index in [0.717, 1.165) is 17.4 Å². The van der Waals surface area contributed by atoms with Crippen LogP contribution in [0.2, 0.25) is 0 Å². The molecule has 0 spiro atoms. The lowest BCUT2D eigenvalue weighted by Crippen LogP contribution is -2.14. The topological polar surface area (TPSA) is 79.3 Å². The number of nitrogens with one attached hydrogen (secondary N) is 1. The van der Waals surface area contributed by atoms with Crippen LogP contribution in [0, 0.1) is 24.6 Å². The first-order valence-electron chi connectivity index (χ1n) is 5.77. The number of rotatable bonds is 3. The van der Waals surface area contributed by atoms with Crippen LogP contribution in [-0.2, 0) is 10.0 Å². The Hall–Kier alpha value is -1.95.